The molecular formula is C14H21N. The number of hydrogen-bond donors (Lipinski definition) is 1. The summed E-state index contributed by atoms with van der Waals surface area (Å²) in [4.78, 5) is 0. The van der Waals surface area contributed by atoms with Crippen LogP contribution in [0.4, 0.5) is 0 Å². The molecule has 1 aromatic carbocycles. The second kappa shape index (κ2) is 4.80. The Labute approximate surface area is 92.7 Å². The molecule has 0 bridgehead atoms. The van der Waals surface area contributed by atoms with Crippen LogP contribution in [0.3, 0.4) is 0 Å². The molecule has 0 amide bonds. The summed E-state index contributed by atoms with van der Waals surface area (Å²) in [5.74, 6) is 0.710. The van der Waals surface area contributed by atoms with Gasteiger partial charge in [0.2, 0.25) is 0 Å². The summed E-state index contributed by atoms with van der Waals surface area (Å²) in [5, 5.41) is 0. The molecule has 1 aromatic rings. The van der Waals surface area contributed by atoms with Gasteiger partial charge in [-0.1, -0.05) is 49.1 Å². The van der Waals surface area contributed by atoms with Gasteiger partial charge in [0.05, 0.1) is 0 Å². The molecule has 1 saturated carbocycles. The fourth-order valence-electron chi connectivity index (χ4n) is 2.55. The minimum absolute atomic E-state index is 0.255. The summed E-state index contributed by atoms with van der Waals surface area (Å²) < 4.78 is 0. The average Bonchev–Trinajstić information content (AvgIpc) is 2.30. The van der Waals surface area contributed by atoms with Crippen LogP contribution in [-0.2, 0) is 0 Å². The van der Waals surface area contributed by atoms with Crippen LogP contribution in [0.2, 0.25) is 0 Å². The highest BCUT2D eigenvalue weighted by atomic mass is 14.7. The van der Waals surface area contributed by atoms with Gasteiger partial charge in [0.1, 0.15) is 0 Å². The van der Waals surface area contributed by atoms with Gasteiger partial charge in [-0.15, -0.1) is 0 Å². The quantitative estimate of drug-likeness (QED) is 0.781. The van der Waals surface area contributed by atoms with E-state index in [1.165, 1.54) is 43.2 Å². The average molecular weight is 203 g/mol. The van der Waals surface area contributed by atoms with Gasteiger partial charge in [-0.25, -0.2) is 0 Å². The first-order chi connectivity index (χ1) is 7.27. The molecule has 0 heterocycles. The van der Waals surface area contributed by atoms with Gasteiger partial charge in [-0.3, -0.25) is 0 Å². The number of aryl methyl sites for hydroxylation is 1. The van der Waals surface area contributed by atoms with Crippen molar-refractivity contribution in [1.82, 2.24) is 0 Å². The van der Waals surface area contributed by atoms with E-state index in [0.29, 0.717) is 5.92 Å². The Morgan fingerprint density at radius 3 is 2.27 bits per heavy atom. The van der Waals surface area contributed by atoms with Crippen LogP contribution < -0.4 is 5.73 Å². The summed E-state index contributed by atoms with van der Waals surface area (Å²) >= 11 is 0. The van der Waals surface area contributed by atoms with Crippen molar-refractivity contribution < 1.29 is 0 Å². The maximum atomic E-state index is 6.32. The van der Waals surface area contributed by atoms with Gasteiger partial charge < -0.3 is 5.73 Å². The predicted octanol–water partition coefficient (Wildman–Crippen LogP) is 3.58. The van der Waals surface area contributed by atoms with Crippen LogP contribution in [0.15, 0.2) is 24.3 Å². The van der Waals surface area contributed by atoms with Gasteiger partial charge in [0, 0.05) is 6.04 Å². The van der Waals surface area contributed by atoms with Gasteiger partial charge in [-0.2, -0.15) is 0 Å². The Kier molecular flexibility index (Phi) is 3.42. The molecule has 1 nitrogen and oxygen atoms in total. The summed E-state index contributed by atoms with van der Waals surface area (Å²) in [7, 11) is 0. The number of benzene rings is 1. The van der Waals surface area contributed by atoms with Crippen LogP contribution in [0.1, 0.15) is 49.3 Å². The second-order valence-corrected chi connectivity index (χ2v) is 4.83. The maximum Gasteiger partial charge on any atom is 0.0323 e. The van der Waals surface area contributed by atoms with Crippen molar-refractivity contribution in [3.8, 4) is 0 Å². The standard InChI is InChI=1S/C14H21N/c1-11-7-9-13(10-8-11)14(15)12-5-3-2-4-6-12/h7-10,12,14H,2-6,15H2,1H3. The normalized spacial score (nSPS) is 20.1. The van der Waals surface area contributed by atoms with E-state index in [1.54, 1.807) is 0 Å². The molecule has 1 heteroatoms. The van der Waals surface area contributed by atoms with Crippen LogP contribution in [-0.4, -0.2) is 0 Å². The van der Waals surface area contributed by atoms with Crippen molar-refractivity contribution in [2.45, 2.75) is 45.1 Å². The third-order valence-corrected chi connectivity index (χ3v) is 3.62. The van der Waals surface area contributed by atoms with Crippen molar-refractivity contribution >= 4 is 0 Å². The molecule has 82 valence electrons. The topological polar surface area (TPSA) is 26.0 Å². The molecule has 0 spiro atoms. The molecule has 1 aliphatic rings. The summed E-state index contributed by atoms with van der Waals surface area (Å²) in [5.41, 5.74) is 8.95. The van der Waals surface area contributed by atoms with Gasteiger partial charge in [0.25, 0.3) is 0 Å². The lowest BCUT2D eigenvalue weighted by Gasteiger charge is -2.27. The monoisotopic (exact) mass is 203 g/mol. The lowest BCUT2D eigenvalue weighted by molar-refractivity contribution is 0.308. The van der Waals surface area contributed by atoms with Crippen molar-refractivity contribution in [2.24, 2.45) is 11.7 Å². The van der Waals surface area contributed by atoms with Crippen LogP contribution >= 0.6 is 0 Å². The molecule has 0 saturated heterocycles. The first kappa shape index (κ1) is 10.7. The van der Waals surface area contributed by atoms with Gasteiger partial charge >= 0.3 is 0 Å². The Morgan fingerprint density at radius 2 is 1.67 bits per heavy atom. The molecule has 0 aliphatic heterocycles. The second-order valence-electron chi connectivity index (χ2n) is 4.83. The van der Waals surface area contributed by atoms with E-state index in [1.807, 2.05) is 0 Å². The van der Waals surface area contributed by atoms with Crippen LogP contribution in [0, 0.1) is 12.8 Å². The van der Waals surface area contributed by atoms with E-state index < -0.39 is 0 Å². The summed E-state index contributed by atoms with van der Waals surface area (Å²) in [6.45, 7) is 2.12. The molecule has 1 atom stereocenters. The highest BCUT2D eigenvalue weighted by Gasteiger charge is 2.21. The minimum atomic E-state index is 0.255. The van der Waals surface area contributed by atoms with Gasteiger partial charge in [-0.05, 0) is 31.2 Å². The van der Waals surface area contributed by atoms with Crippen molar-refractivity contribution in [2.75, 3.05) is 0 Å². The predicted molar refractivity (Wildman–Crippen MR) is 64.7 cm³/mol. The zero-order valence-corrected chi connectivity index (χ0v) is 9.58. The van der Waals surface area contributed by atoms with E-state index in [-0.39, 0.29) is 6.04 Å². The number of hydrogen-bond acceptors (Lipinski definition) is 1. The fraction of sp³-hybridized carbons (Fsp3) is 0.571. The third-order valence-electron chi connectivity index (χ3n) is 3.62. The Morgan fingerprint density at radius 1 is 1.07 bits per heavy atom. The van der Waals surface area contributed by atoms with Crippen molar-refractivity contribution in [1.29, 1.82) is 0 Å². The molecule has 1 fully saturated rings. The third kappa shape index (κ3) is 2.60. The number of rotatable bonds is 2. The van der Waals surface area contributed by atoms with E-state index in [2.05, 4.69) is 31.2 Å². The van der Waals surface area contributed by atoms with Crippen molar-refractivity contribution in [3.63, 3.8) is 0 Å². The molecular weight excluding hydrogens is 182 g/mol. The van der Waals surface area contributed by atoms with Crippen molar-refractivity contribution in [3.05, 3.63) is 35.4 Å². The molecule has 1 aliphatic carbocycles. The van der Waals surface area contributed by atoms with Gasteiger partial charge in [0.15, 0.2) is 0 Å². The molecule has 0 aromatic heterocycles. The van der Waals surface area contributed by atoms with E-state index in [0.717, 1.165) is 0 Å². The largest absolute Gasteiger partial charge is 0.324 e. The fourth-order valence-corrected chi connectivity index (χ4v) is 2.55. The summed E-state index contributed by atoms with van der Waals surface area (Å²) in [6, 6.07) is 8.96. The maximum absolute atomic E-state index is 6.32. The van der Waals surface area contributed by atoms with Crippen LogP contribution in [0.5, 0.6) is 0 Å². The zero-order chi connectivity index (χ0) is 10.7. The first-order valence-corrected chi connectivity index (χ1v) is 6.09. The molecule has 0 radical (unpaired) electrons. The molecule has 2 N–H and O–H groups in total. The Hall–Kier alpha value is -0.820. The lowest BCUT2D eigenvalue weighted by atomic mass is 9.81. The van der Waals surface area contributed by atoms with E-state index in [4.69, 9.17) is 5.73 Å². The zero-order valence-electron chi connectivity index (χ0n) is 9.58. The SMILES string of the molecule is Cc1ccc(C(N)C2CCCCC2)cc1. The number of nitrogens with two attached hydrogens (primary N) is 1. The van der Waals surface area contributed by atoms with Crippen LogP contribution in [0.25, 0.3) is 0 Å². The molecule has 1 unspecified atom stereocenters. The smallest absolute Gasteiger partial charge is 0.0323 e. The van der Waals surface area contributed by atoms with E-state index >= 15 is 0 Å². The van der Waals surface area contributed by atoms with E-state index in [9.17, 15) is 0 Å². The Balaban J connectivity index is 2.05. The Bertz CT molecular complexity index is 296. The summed E-state index contributed by atoms with van der Waals surface area (Å²) in [6.07, 6.45) is 6.76. The highest BCUT2D eigenvalue weighted by molar-refractivity contribution is 5.24. The minimum Gasteiger partial charge on any atom is -0.324 e. The first-order valence-electron chi connectivity index (χ1n) is 6.09. The molecule has 2 rings (SSSR count). The lowest BCUT2D eigenvalue weighted by Crippen LogP contribution is -2.23. The highest BCUT2D eigenvalue weighted by Crippen LogP contribution is 2.32. The molecule has 15 heavy (non-hydrogen) atoms.